The van der Waals surface area contributed by atoms with E-state index in [1.54, 1.807) is 37.3 Å². The van der Waals surface area contributed by atoms with Gasteiger partial charge in [-0.1, -0.05) is 23.7 Å². The molecule has 0 saturated heterocycles. The van der Waals surface area contributed by atoms with Crippen molar-refractivity contribution in [3.8, 4) is 22.5 Å². The van der Waals surface area contributed by atoms with Gasteiger partial charge in [0.1, 0.15) is 5.82 Å². The molecular formula is C22H17ClFN3O3. The number of aromatic nitrogens is 3. The predicted molar refractivity (Wildman–Crippen MR) is 111 cm³/mol. The van der Waals surface area contributed by atoms with E-state index in [0.29, 0.717) is 33.3 Å². The van der Waals surface area contributed by atoms with Crippen LogP contribution in [0, 0.1) is 12.7 Å². The number of ether oxygens (including phenoxy) is 1. The lowest BCUT2D eigenvalue weighted by atomic mass is 10.00. The van der Waals surface area contributed by atoms with Gasteiger partial charge in [-0.3, -0.25) is 0 Å². The van der Waals surface area contributed by atoms with Crippen molar-refractivity contribution in [3.05, 3.63) is 76.7 Å². The third-order valence-corrected chi connectivity index (χ3v) is 5.00. The normalized spacial score (nSPS) is 12.2. The molecule has 8 heteroatoms. The molecule has 0 aliphatic carbocycles. The van der Waals surface area contributed by atoms with Crippen molar-refractivity contribution >= 4 is 23.2 Å². The van der Waals surface area contributed by atoms with Crippen LogP contribution in [0.25, 0.3) is 28.2 Å². The minimum Gasteiger partial charge on any atom is -0.467 e. The second-order valence-electron chi connectivity index (χ2n) is 6.70. The highest BCUT2D eigenvalue weighted by Gasteiger charge is 2.28. The zero-order chi connectivity index (χ0) is 21.4. The monoisotopic (exact) mass is 425 g/mol. The maximum Gasteiger partial charge on any atom is 0.339 e. The van der Waals surface area contributed by atoms with Crippen molar-refractivity contribution in [1.82, 2.24) is 14.6 Å². The minimum atomic E-state index is -1.58. The van der Waals surface area contributed by atoms with Crippen molar-refractivity contribution in [1.29, 1.82) is 0 Å². The van der Waals surface area contributed by atoms with Crippen LogP contribution in [0.4, 0.5) is 4.39 Å². The number of methoxy groups -OCH3 is 1. The fourth-order valence-corrected chi connectivity index (χ4v) is 3.55. The highest BCUT2D eigenvalue weighted by Crippen LogP contribution is 2.33. The summed E-state index contributed by atoms with van der Waals surface area (Å²) >= 11 is 6.11. The fourth-order valence-electron chi connectivity index (χ4n) is 3.36. The summed E-state index contributed by atoms with van der Waals surface area (Å²) in [5.74, 6) is -1.24. The number of carbonyl (C=O) groups excluding carboxylic acids is 1. The van der Waals surface area contributed by atoms with Crippen molar-refractivity contribution in [2.24, 2.45) is 0 Å². The second-order valence-corrected chi connectivity index (χ2v) is 7.14. The van der Waals surface area contributed by atoms with Crippen LogP contribution < -0.4 is 0 Å². The van der Waals surface area contributed by atoms with E-state index < -0.39 is 17.9 Å². The Morgan fingerprint density at radius 3 is 2.57 bits per heavy atom. The highest BCUT2D eigenvalue weighted by atomic mass is 35.5. The third-order valence-electron chi connectivity index (χ3n) is 4.77. The van der Waals surface area contributed by atoms with E-state index >= 15 is 0 Å². The van der Waals surface area contributed by atoms with E-state index in [9.17, 15) is 14.3 Å². The van der Waals surface area contributed by atoms with Crippen molar-refractivity contribution in [2.45, 2.75) is 13.0 Å². The number of aliphatic hydroxyl groups is 1. The number of carbonyl (C=O) groups is 1. The number of fused-ring (bicyclic) bond motifs is 1. The van der Waals surface area contributed by atoms with Crippen molar-refractivity contribution < 1.29 is 19.0 Å². The molecule has 4 aromatic rings. The quantitative estimate of drug-likeness (QED) is 0.491. The van der Waals surface area contributed by atoms with Crippen LogP contribution in [0.15, 0.2) is 54.6 Å². The van der Waals surface area contributed by atoms with E-state index in [-0.39, 0.29) is 5.56 Å². The topological polar surface area (TPSA) is 76.7 Å². The molecule has 0 bridgehead atoms. The molecule has 0 radical (unpaired) electrons. The lowest BCUT2D eigenvalue weighted by Gasteiger charge is -2.17. The van der Waals surface area contributed by atoms with Crippen LogP contribution >= 0.6 is 11.6 Å². The van der Waals surface area contributed by atoms with Crippen LogP contribution in [0.1, 0.15) is 17.4 Å². The minimum absolute atomic E-state index is 0.238. The number of esters is 1. The summed E-state index contributed by atoms with van der Waals surface area (Å²) in [6.07, 6.45) is -1.58. The molecule has 2 heterocycles. The van der Waals surface area contributed by atoms with E-state index in [1.165, 1.54) is 23.8 Å². The van der Waals surface area contributed by atoms with Gasteiger partial charge in [0.15, 0.2) is 11.8 Å². The Morgan fingerprint density at radius 2 is 1.90 bits per heavy atom. The first kappa shape index (κ1) is 20.0. The molecule has 1 N–H and O–H groups in total. The van der Waals surface area contributed by atoms with Gasteiger partial charge < -0.3 is 9.84 Å². The molecule has 1 unspecified atom stereocenters. The number of aryl methyl sites for hydroxylation is 1. The molecule has 0 aliphatic rings. The summed E-state index contributed by atoms with van der Waals surface area (Å²) < 4.78 is 19.8. The van der Waals surface area contributed by atoms with Gasteiger partial charge in [-0.15, -0.1) is 0 Å². The van der Waals surface area contributed by atoms with Gasteiger partial charge in [-0.25, -0.2) is 18.7 Å². The standard InChI is InChI=1S/C22H17ClFN3O3/c1-12-19(21(28)22(29)30-2)20(13-6-8-16(24)9-7-13)27-18(25-12)11-17(26-27)14-4-3-5-15(23)10-14/h3-11,21,28H,1-2H3. The molecule has 30 heavy (non-hydrogen) atoms. The Balaban J connectivity index is 2.03. The average Bonchev–Trinajstić information content (AvgIpc) is 3.16. The Bertz CT molecular complexity index is 1250. The summed E-state index contributed by atoms with van der Waals surface area (Å²) in [5, 5.41) is 15.8. The summed E-state index contributed by atoms with van der Waals surface area (Å²) in [5.41, 5.74) is 3.54. The molecule has 2 aromatic heterocycles. The molecular weight excluding hydrogens is 409 g/mol. The number of hydrogen-bond donors (Lipinski definition) is 1. The molecule has 4 rings (SSSR count). The maximum atomic E-state index is 13.5. The van der Waals surface area contributed by atoms with E-state index in [0.717, 1.165) is 5.56 Å². The molecule has 6 nitrogen and oxygen atoms in total. The first-order valence-corrected chi connectivity index (χ1v) is 9.45. The SMILES string of the molecule is COC(=O)C(O)c1c(C)nc2cc(-c3cccc(Cl)c3)nn2c1-c1ccc(F)cc1. The number of rotatable bonds is 4. The van der Waals surface area contributed by atoms with Crippen LogP contribution in [0.2, 0.25) is 5.02 Å². The maximum absolute atomic E-state index is 13.5. The molecule has 0 amide bonds. The Morgan fingerprint density at radius 1 is 1.17 bits per heavy atom. The fraction of sp³-hybridized carbons (Fsp3) is 0.136. The van der Waals surface area contributed by atoms with Crippen LogP contribution in [-0.2, 0) is 9.53 Å². The number of nitrogens with zero attached hydrogens (tertiary/aromatic N) is 3. The molecule has 0 aliphatic heterocycles. The number of halogens is 2. The van der Waals surface area contributed by atoms with Crippen LogP contribution in [-0.4, -0.2) is 32.8 Å². The molecule has 0 saturated carbocycles. The van der Waals surface area contributed by atoms with Gasteiger partial charge in [0, 0.05) is 33.5 Å². The Hall–Kier alpha value is -3.29. The number of benzene rings is 2. The summed E-state index contributed by atoms with van der Waals surface area (Å²) in [6.45, 7) is 1.68. The Labute approximate surface area is 176 Å². The zero-order valence-corrected chi connectivity index (χ0v) is 16.9. The molecule has 0 fully saturated rings. The van der Waals surface area contributed by atoms with Gasteiger partial charge in [0.2, 0.25) is 0 Å². The van der Waals surface area contributed by atoms with Gasteiger partial charge in [-0.2, -0.15) is 5.10 Å². The van der Waals surface area contributed by atoms with E-state index in [1.807, 2.05) is 12.1 Å². The lowest BCUT2D eigenvalue weighted by molar-refractivity contribution is -0.150. The van der Waals surface area contributed by atoms with Gasteiger partial charge >= 0.3 is 5.97 Å². The predicted octanol–water partition coefficient (Wildman–Crippen LogP) is 4.37. The third kappa shape index (κ3) is 3.53. The molecule has 2 aromatic carbocycles. The number of hydrogen-bond acceptors (Lipinski definition) is 5. The average molecular weight is 426 g/mol. The molecule has 1 atom stereocenters. The van der Waals surface area contributed by atoms with Gasteiger partial charge in [0.25, 0.3) is 0 Å². The summed E-state index contributed by atoms with van der Waals surface area (Å²) in [4.78, 5) is 16.6. The second kappa shape index (κ2) is 7.85. The van der Waals surface area contributed by atoms with Gasteiger partial charge in [-0.05, 0) is 43.3 Å². The summed E-state index contributed by atoms with van der Waals surface area (Å²) in [7, 11) is 1.19. The highest BCUT2D eigenvalue weighted by molar-refractivity contribution is 6.30. The molecule has 152 valence electrons. The van der Waals surface area contributed by atoms with Gasteiger partial charge in [0.05, 0.1) is 18.5 Å². The number of aliphatic hydroxyl groups excluding tert-OH is 1. The Kier molecular flexibility index (Phi) is 5.24. The van der Waals surface area contributed by atoms with E-state index in [2.05, 4.69) is 10.1 Å². The van der Waals surface area contributed by atoms with Crippen molar-refractivity contribution in [2.75, 3.05) is 7.11 Å². The summed E-state index contributed by atoms with van der Waals surface area (Å²) in [6, 6.07) is 14.7. The smallest absolute Gasteiger partial charge is 0.339 e. The van der Waals surface area contributed by atoms with Crippen LogP contribution in [0.5, 0.6) is 0 Å². The first-order valence-electron chi connectivity index (χ1n) is 9.07. The first-order chi connectivity index (χ1) is 14.4. The largest absolute Gasteiger partial charge is 0.467 e. The molecule has 0 spiro atoms. The van der Waals surface area contributed by atoms with E-state index in [4.69, 9.17) is 16.3 Å². The lowest BCUT2D eigenvalue weighted by Crippen LogP contribution is -2.18. The van der Waals surface area contributed by atoms with Crippen LogP contribution in [0.3, 0.4) is 0 Å². The zero-order valence-electron chi connectivity index (χ0n) is 16.1. The van der Waals surface area contributed by atoms with Crippen molar-refractivity contribution in [3.63, 3.8) is 0 Å².